The lowest BCUT2D eigenvalue weighted by molar-refractivity contribution is 0.0795. The number of aryl methyl sites for hydroxylation is 1. The number of aliphatic hydroxyl groups is 1. The van der Waals surface area contributed by atoms with Crippen molar-refractivity contribution in [2.24, 2.45) is 0 Å². The fraction of sp³-hybridized carbons (Fsp3) is 0.467. The predicted octanol–water partition coefficient (Wildman–Crippen LogP) is 2.86. The van der Waals surface area contributed by atoms with Crippen molar-refractivity contribution >= 4 is 11.0 Å². The lowest BCUT2D eigenvalue weighted by Crippen LogP contribution is -2.34. The van der Waals surface area contributed by atoms with Crippen LogP contribution in [0.15, 0.2) is 28.7 Å². The van der Waals surface area contributed by atoms with Gasteiger partial charge in [0, 0.05) is 30.5 Å². The van der Waals surface area contributed by atoms with E-state index in [9.17, 15) is 5.11 Å². The van der Waals surface area contributed by atoms with Crippen LogP contribution in [-0.4, -0.2) is 17.3 Å². The number of rotatable bonds is 5. The lowest BCUT2D eigenvalue weighted by atomic mass is 10.1. The quantitative estimate of drug-likeness (QED) is 0.854. The van der Waals surface area contributed by atoms with Crippen LogP contribution in [0.1, 0.15) is 32.1 Å². The van der Waals surface area contributed by atoms with E-state index in [0.717, 1.165) is 29.7 Å². The molecule has 3 heteroatoms. The SMILES string of the molecule is CCc1oc2ccccc2c1CNCC(C)(C)O. The van der Waals surface area contributed by atoms with Crippen molar-refractivity contribution in [1.82, 2.24) is 5.32 Å². The molecule has 0 aliphatic carbocycles. The van der Waals surface area contributed by atoms with Gasteiger partial charge in [-0.3, -0.25) is 0 Å². The average Bonchev–Trinajstić information content (AvgIpc) is 2.66. The van der Waals surface area contributed by atoms with E-state index in [2.05, 4.69) is 18.3 Å². The van der Waals surface area contributed by atoms with E-state index in [1.807, 2.05) is 18.2 Å². The highest BCUT2D eigenvalue weighted by molar-refractivity contribution is 5.82. The molecule has 3 nitrogen and oxygen atoms in total. The molecule has 0 aliphatic heterocycles. The van der Waals surface area contributed by atoms with Gasteiger partial charge in [0.15, 0.2) is 0 Å². The molecule has 2 N–H and O–H groups in total. The van der Waals surface area contributed by atoms with E-state index in [-0.39, 0.29) is 0 Å². The van der Waals surface area contributed by atoms with Crippen LogP contribution in [0.2, 0.25) is 0 Å². The van der Waals surface area contributed by atoms with Crippen LogP contribution < -0.4 is 5.32 Å². The van der Waals surface area contributed by atoms with E-state index >= 15 is 0 Å². The van der Waals surface area contributed by atoms with Gasteiger partial charge in [-0.25, -0.2) is 0 Å². The predicted molar refractivity (Wildman–Crippen MR) is 73.6 cm³/mol. The second-order valence-corrected chi connectivity index (χ2v) is 5.27. The third-order valence-corrected chi connectivity index (χ3v) is 2.96. The molecular formula is C15H21NO2. The first-order chi connectivity index (χ1) is 8.51. The molecule has 0 radical (unpaired) electrons. The third-order valence-electron chi connectivity index (χ3n) is 2.96. The zero-order chi connectivity index (χ0) is 13.2. The molecule has 0 atom stereocenters. The van der Waals surface area contributed by atoms with Gasteiger partial charge in [-0.1, -0.05) is 25.1 Å². The van der Waals surface area contributed by atoms with Gasteiger partial charge in [0.05, 0.1) is 5.60 Å². The number of furan rings is 1. The van der Waals surface area contributed by atoms with Crippen molar-refractivity contribution in [2.75, 3.05) is 6.54 Å². The van der Waals surface area contributed by atoms with Crippen LogP contribution in [0, 0.1) is 0 Å². The van der Waals surface area contributed by atoms with Crippen molar-refractivity contribution in [3.63, 3.8) is 0 Å². The van der Waals surface area contributed by atoms with Gasteiger partial charge >= 0.3 is 0 Å². The van der Waals surface area contributed by atoms with Gasteiger partial charge in [-0.05, 0) is 19.9 Å². The molecular weight excluding hydrogens is 226 g/mol. The summed E-state index contributed by atoms with van der Waals surface area (Å²) in [5, 5.41) is 14.1. The Morgan fingerprint density at radius 3 is 2.67 bits per heavy atom. The molecule has 0 amide bonds. The molecule has 0 saturated carbocycles. The molecule has 0 spiro atoms. The second-order valence-electron chi connectivity index (χ2n) is 5.27. The third kappa shape index (κ3) is 2.92. The summed E-state index contributed by atoms with van der Waals surface area (Å²) in [6.45, 7) is 6.99. The highest BCUT2D eigenvalue weighted by Crippen LogP contribution is 2.26. The van der Waals surface area contributed by atoms with E-state index in [0.29, 0.717) is 6.54 Å². The monoisotopic (exact) mass is 247 g/mol. The number of hydrogen-bond acceptors (Lipinski definition) is 3. The van der Waals surface area contributed by atoms with E-state index in [1.54, 1.807) is 13.8 Å². The fourth-order valence-corrected chi connectivity index (χ4v) is 2.12. The Kier molecular flexibility index (Phi) is 3.73. The van der Waals surface area contributed by atoms with Crippen molar-refractivity contribution in [1.29, 1.82) is 0 Å². The molecule has 2 aromatic rings. The molecule has 0 fully saturated rings. The maximum Gasteiger partial charge on any atom is 0.134 e. The van der Waals surface area contributed by atoms with Crippen LogP contribution in [0.4, 0.5) is 0 Å². The molecule has 1 aromatic carbocycles. The molecule has 1 heterocycles. The summed E-state index contributed by atoms with van der Waals surface area (Å²) in [6.07, 6.45) is 0.883. The zero-order valence-electron chi connectivity index (χ0n) is 11.3. The van der Waals surface area contributed by atoms with Crippen LogP contribution in [0.5, 0.6) is 0 Å². The maximum atomic E-state index is 9.70. The molecule has 0 unspecified atom stereocenters. The summed E-state index contributed by atoms with van der Waals surface area (Å²) in [5.74, 6) is 1.03. The van der Waals surface area contributed by atoms with Crippen molar-refractivity contribution in [3.8, 4) is 0 Å². The Labute approximate surface area is 108 Å². The van der Waals surface area contributed by atoms with Crippen LogP contribution in [-0.2, 0) is 13.0 Å². The highest BCUT2D eigenvalue weighted by Gasteiger charge is 2.15. The number of benzene rings is 1. The first kappa shape index (κ1) is 13.1. The molecule has 18 heavy (non-hydrogen) atoms. The summed E-state index contributed by atoms with van der Waals surface area (Å²) in [4.78, 5) is 0. The van der Waals surface area contributed by atoms with Gasteiger partial charge in [0.25, 0.3) is 0 Å². The minimum Gasteiger partial charge on any atom is -0.461 e. The Hall–Kier alpha value is -1.32. The van der Waals surface area contributed by atoms with E-state index in [1.165, 1.54) is 5.56 Å². The first-order valence-corrected chi connectivity index (χ1v) is 6.43. The summed E-state index contributed by atoms with van der Waals surface area (Å²) < 4.78 is 5.83. The summed E-state index contributed by atoms with van der Waals surface area (Å²) >= 11 is 0. The topological polar surface area (TPSA) is 45.4 Å². The zero-order valence-corrected chi connectivity index (χ0v) is 11.3. The Morgan fingerprint density at radius 2 is 2.00 bits per heavy atom. The number of nitrogens with one attached hydrogen (secondary N) is 1. The highest BCUT2D eigenvalue weighted by atomic mass is 16.3. The standard InChI is InChI=1S/C15H21NO2/c1-4-13-12(9-16-10-15(2,3)17)11-7-5-6-8-14(11)18-13/h5-8,16-17H,4,9-10H2,1-3H3. The van der Waals surface area contributed by atoms with Gasteiger partial charge in [0.2, 0.25) is 0 Å². The molecule has 1 aromatic heterocycles. The summed E-state index contributed by atoms with van der Waals surface area (Å²) in [5.41, 5.74) is 1.46. The maximum absolute atomic E-state index is 9.70. The molecule has 0 saturated heterocycles. The lowest BCUT2D eigenvalue weighted by Gasteiger charge is -2.17. The van der Waals surface area contributed by atoms with Gasteiger partial charge in [-0.2, -0.15) is 0 Å². The number of fused-ring (bicyclic) bond motifs is 1. The van der Waals surface area contributed by atoms with E-state index in [4.69, 9.17) is 4.42 Å². The Morgan fingerprint density at radius 1 is 1.28 bits per heavy atom. The largest absolute Gasteiger partial charge is 0.461 e. The van der Waals surface area contributed by atoms with E-state index < -0.39 is 5.60 Å². The van der Waals surface area contributed by atoms with Gasteiger partial charge in [0.1, 0.15) is 11.3 Å². The first-order valence-electron chi connectivity index (χ1n) is 6.43. The molecule has 2 rings (SSSR count). The van der Waals surface area contributed by atoms with Gasteiger partial charge < -0.3 is 14.8 Å². The number of hydrogen-bond donors (Lipinski definition) is 2. The fourth-order valence-electron chi connectivity index (χ4n) is 2.12. The Balaban J connectivity index is 2.20. The molecule has 0 bridgehead atoms. The second kappa shape index (κ2) is 5.12. The smallest absolute Gasteiger partial charge is 0.134 e. The minimum absolute atomic E-state index is 0.565. The normalized spacial score (nSPS) is 12.2. The summed E-state index contributed by atoms with van der Waals surface area (Å²) in [6, 6.07) is 8.09. The van der Waals surface area contributed by atoms with Crippen LogP contribution in [0.3, 0.4) is 0 Å². The minimum atomic E-state index is -0.689. The molecule has 98 valence electrons. The summed E-state index contributed by atoms with van der Waals surface area (Å²) in [7, 11) is 0. The van der Waals surface area contributed by atoms with Crippen molar-refractivity contribution in [2.45, 2.75) is 39.3 Å². The van der Waals surface area contributed by atoms with Crippen molar-refractivity contribution < 1.29 is 9.52 Å². The molecule has 0 aliphatic rings. The Bertz CT molecular complexity index is 523. The average molecular weight is 247 g/mol. The van der Waals surface area contributed by atoms with Crippen molar-refractivity contribution in [3.05, 3.63) is 35.6 Å². The van der Waals surface area contributed by atoms with Gasteiger partial charge in [-0.15, -0.1) is 0 Å². The number of para-hydroxylation sites is 1. The van der Waals surface area contributed by atoms with Crippen LogP contribution in [0.25, 0.3) is 11.0 Å². The van der Waals surface area contributed by atoms with Crippen LogP contribution >= 0.6 is 0 Å².